The van der Waals surface area contributed by atoms with Gasteiger partial charge in [0.15, 0.2) is 0 Å². The fourth-order valence-electron chi connectivity index (χ4n) is 1.79. The van der Waals surface area contributed by atoms with E-state index in [1.165, 1.54) is 0 Å². The Hall–Kier alpha value is -1.07. The van der Waals surface area contributed by atoms with Crippen molar-refractivity contribution in [3.63, 3.8) is 0 Å². The molecule has 18 heavy (non-hydrogen) atoms. The van der Waals surface area contributed by atoms with Gasteiger partial charge in [-0.05, 0) is 23.5 Å². The van der Waals surface area contributed by atoms with Gasteiger partial charge in [-0.1, -0.05) is 32.0 Å². The quantitative estimate of drug-likeness (QED) is 0.746. The van der Waals surface area contributed by atoms with Gasteiger partial charge in [-0.3, -0.25) is 4.18 Å². The second-order valence-corrected chi connectivity index (χ2v) is 6.50. The van der Waals surface area contributed by atoms with Gasteiger partial charge >= 0.3 is 0 Å². The predicted molar refractivity (Wildman–Crippen MR) is 71.4 cm³/mol. The zero-order chi connectivity index (χ0) is 13.8. The van der Waals surface area contributed by atoms with E-state index in [4.69, 9.17) is 8.92 Å². The van der Waals surface area contributed by atoms with Crippen LogP contribution in [0.15, 0.2) is 24.3 Å². The van der Waals surface area contributed by atoms with E-state index in [0.29, 0.717) is 6.42 Å². The summed E-state index contributed by atoms with van der Waals surface area (Å²) >= 11 is 0. The second kappa shape index (κ2) is 5.71. The van der Waals surface area contributed by atoms with Crippen molar-refractivity contribution >= 4 is 10.1 Å². The van der Waals surface area contributed by atoms with Crippen LogP contribution in [0.4, 0.5) is 0 Å². The van der Waals surface area contributed by atoms with Gasteiger partial charge in [0.25, 0.3) is 10.1 Å². The van der Waals surface area contributed by atoms with E-state index in [2.05, 4.69) is 0 Å². The van der Waals surface area contributed by atoms with E-state index >= 15 is 0 Å². The Bertz CT molecular complexity index is 491. The molecule has 0 aliphatic carbocycles. The number of para-hydroxylation sites is 1. The molecular formula is C13H20O4S. The topological polar surface area (TPSA) is 52.6 Å². The lowest BCUT2D eigenvalue weighted by atomic mass is 9.81. The Kier molecular flexibility index (Phi) is 4.76. The lowest BCUT2D eigenvalue weighted by molar-refractivity contribution is 0.275. The molecule has 0 saturated heterocycles. The molecule has 0 heterocycles. The molecule has 0 fully saturated rings. The molecule has 4 nitrogen and oxygen atoms in total. The van der Waals surface area contributed by atoms with Crippen LogP contribution in [0.3, 0.4) is 0 Å². The highest BCUT2D eigenvalue weighted by Crippen LogP contribution is 2.33. The molecule has 0 atom stereocenters. The van der Waals surface area contributed by atoms with Gasteiger partial charge in [0.2, 0.25) is 0 Å². The minimum absolute atomic E-state index is 0.171. The zero-order valence-corrected chi connectivity index (χ0v) is 12.1. The number of ether oxygens (including phenoxy) is 1. The fourth-order valence-corrected chi connectivity index (χ4v) is 2.17. The van der Waals surface area contributed by atoms with Crippen LogP contribution < -0.4 is 4.74 Å². The van der Waals surface area contributed by atoms with Gasteiger partial charge in [0.05, 0.1) is 20.0 Å². The van der Waals surface area contributed by atoms with Gasteiger partial charge in [-0.2, -0.15) is 8.42 Å². The minimum Gasteiger partial charge on any atom is -0.496 e. The fraction of sp³-hybridized carbons (Fsp3) is 0.538. The minimum atomic E-state index is -3.38. The maximum atomic E-state index is 10.9. The van der Waals surface area contributed by atoms with E-state index in [1.54, 1.807) is 7.11 Å². The molecule has 1 aromatic rings. The molecule has 0 saturated carbocycles. The molecule has 0 radical (unpaired) electrons. The SMILES string of the molecule is COc1ccccc1C(C)(C)CCOS(C)(=O)=O. The third kappa shape index (κ3) is 4.31. The summed E-state index contributed by atoms with van der Waals surface area (Å²) in [5, 5.41) is 0. The predicted octanol–water partition coefficient (Wildman–Crippen LogP) is 2.34. The molecule has 0 amide bonds. The first-order chi connectivity index (χ1) is 8.26. The van der Waals surface area contributed by atoms with E-state index < -0.39 is 10.1 Å². The van der Waals surface area contributed by atoms with Gasteiger partial charge in [0.1, 0.15) is 5.75 Å². The molecular weight excluding hydrogens is 252 g/mol. The Morgan fingerprint density at radius 2 is 1.83 bits per heavy atom. The van der Waals surface area contributed by atoms with Crippen LogP contribution in [0, 0.1) is 0 Å². The van der Waals surface area contributed by atoms with Gasteiger partial charge in [-0.25, -0.2) is 0 Å². The molecule has 0 bridgehead atoms. The summed E-state index contributed by atoms with van der Waals surface area (Å²) in [7, 11) is -1.75. The van der Waals surface area contributed by atoms with Gasteiger partial charge in [0, 0.05) is 0 Å². The normalized spacial score (nSPS) is 12.4. The third-order valence-electron chi connectivity index (χ3n) is 2.86. The van der Waals surface area contributed by atoms with Gasteiger partial charge in [-0.15, -0.1) is 0 Å². The monoisotopic (exact) mass is 272 g/mol. The summed E-state index contributed by atoms with van der Waals surface area (Å²) in [6.45, 7) is 4.25. The standard InChI is InChI=1S/C13H20O4S/c1-13(2,9-10-17-18(4,14)15)11-7-5-6-8-12(11)16-3/h5-8H,9-10H2,1-4H3. The Labute approximate surface area is 109 Å². The van der Waals surface area contributed by atoms with Crippen LogP contribution in [-0.4, -0.2) is 28.4 Å². The van der Waals surface area contributed by atoms with Crippen LogP contribution in [0.2, 0.25) is 0 Å². The maximum Gasteiger partial charge on any atom is 0.264 e. The summed E-state index contributed by atoms with van der Waals surface area (Å²) in [6, 6.07) is 7.73. The van der Waals surface area contributed by atoms with Crippen molar-refractivity contribution in [1.82, 2.24) is 0 Å². The average Bonchev–Trinajstić information content (AvgIpc) is 2.27. The molecule has 0 aromatic heterocycles. The molecule has 5 heteroatoms. The molecule has 102 valence electrons. The van der Waals surface area contributed by atoms with Crippen LogP contribution in [0.25, 0.3) is 0 Å². The summed E-state index contributed by atoms with van der Waals surface area (Å²) in [4.78, 5) is 0. The number of methoxy groups -OCH3 is 1. The maximum absolute atomic E-state index is 10.9. The van der Waals surface area contributed by atoms with Crippen molar-refractivity contribution < 1.29 is 17.3 Å². The molecule has 0 unspecified atom stereocenters. The highest BCUT2D eigenvalue weighted by atomic mass is 32.2. The summed E-state index contributed by atoms with van der Waals surface area (Å²) < 4.78 is 32.0. The third-order valence-corrected chi connectivity index (χ3v) is 3.46. The largest absolute Gasteiger partial charge is 0.496 e. The lowest BCUT2D eigenvalue weighted by Crippen LogP contribution is -2.21. The van der Waals surface area contributed by atoms with Crippen molar-refractivity contribution in [3.05, 3.63) is 29.8 Å². The second-order valence-electron chi connectivity index (χ2n) is 4.86. The van der Waals surface area contributed by atoms with Gasteiger partial charge < -0.3 is 4.74 Å². The van der Waals surface area contributed by atoms with E-state index in [-0.39, 0.29) is 12.0 Å². The van der Waals surface area contributed by atoms with Crippen molar-refractivity contribution in [2.45, 2.75) is 25.7 Å². The van der Waals surface area contributed by atoms with Crippen LogP contribution >= 0.6 is 0 Å². The lowest BCUT2D eigenvalue weighted by Gasteiger charge is -2.26. The summed E-state index contributed by atoms with van der Waals surface area (Å²) in [5.41, 5.74) is 0.835. The highest BCUT2D eigenvalue weighted by Gasteiger charge is 2.24. The summed E-state index contributed by atoms with van der Waals surface area (Å²) in [6.07, 6.45) is 1.66. The number of benzene rings is 1. The smallest absolute Gasteiger partial charge is 0.264 e. The van der Waals surface area contributed by atoms with Crippen LogP contribution in [0.5, 0.6) is 5.75 Å². The zero-order valence-electron chi connectivity index (χ0n) is 11.3. The van der Waals surface area contributed by atoms with Crippen molar-refractivity contribution in [2.24, 2.45) is 0 Å². The molecule has 1 aromatic carbocycles. The Morgan fingerprint density at radius 1 is 1.22 bits per heavy atom. The molecule has 0 aliphatic heterocycles. The first-order valence-corrected chi connectivity index (χ1v) is 7.56. The van der Waals surface area contributed by atoms with E-state index in [0.717, 1.165) is 17.6 Å². The van der Waals surface area contributed by atoms with E-state index in [9.17, 15) is 8.42 Å². The number of rotatable bonds is 6. The molecule has 0 N–H and O–H groups in total. The number of hydrogen-bond acceptors (Lipinski definition) is 4. The van der Waals surface area contributed by atoms with Crippen LogP contribution in [-0.2, 0) is 19.7 Å². The first kappa shape index (κ1) is 15.0. The van der Waals surface area contributed by atoms with Crippen molar-refractivity contribution in [3.8, 4) is 5.75 Å². The molecule has 1 rings (SSSR count). The van der Waals surface area contributed by atoms with Crippen molar-refractivity contribution in [1.29, 1.82) is 0 Å². The molecule has 0 aliphatic rings. The van der Waals surface area contributed by atoms with Crippen molar-refractivity contribution in [2.75, 3.05) is 20.0 Å². The highest BCUT2D eigenvalue weighted by molar-refractivity contribution is 7.85. The van der Waals surface area contributed by atoms with Crippen LogP contribution in [0.1, 0.15) is 25.8 Å². The Morgan fingerprint density at radius 3 is 2.39 bits per heavy atom. The summed E-state index contributed by atoms with van der Waals surface area (Å²) in [5.74, 6) is 0.807. The first-order valence-electron chi connectivity index (χ1n) is 5.74. The number of hydrogen-bond donors (Lipinski definition) is 0. The molecule has 0 spiro atoms. The average molecular weight is 272 g/mol. The van der Waals surface area contributed by atoms with E-state index in [1.807, 2.05) is 38.1 Å². The Balaban J connectivity index is 2.79.